The normalized spacial score (nSPS) is 13.6. The van der Waals surface area contributed by atoms with Crippen molar-refractivity contribution >= 4 is 41.7 Å². The quantitative estimate of drug-likeness (QED) is 0.569. The van der Waals surface area contributed by atoms with Crippen molar-refractivity contribution in [3.05, 3.63) is 32.7 Å². The van der Waals surface area contributed by atoms with Gasteiger partial charge in [0.05, 0.1) is 0 Å². The molecule has 0 aliphatic heterocycles. The van der Waals surface area contributed by atoms with E-state index in [9.17, 15) is 8.42 Å². The second kappa shape index (κ2) is 7.00. The van der Waals surface area contributed by atoms with Crippen LogP contribution < -0.4 is 11.3 Å². The van der Waals surface area contributed by atoms with Crippen LogP contribution in [-0.4, -0.2) is 20.4 Å². The minimum atomic E-state index is -2.91. The van der Waals surface area contributed by atoms with Gasteiger partial charge in [-0.3, -0.25) is 11.3 Å². The third kappa shape index (κ3) is 5.79. The molecule has 102 valence electrons. The van der Waals surface area contributed by atoms with E-state index >= 15 is 0 Å². The van der Waals surface area contributed by atoms with Gasteiger partial charge in [0, 0.05) is 27.0 Å². The van der Waals surface area contributed by atoms with E-state index in [4.69, 9.17) is 5.84 Å². The lowest BCUT2D eigenvalue weighted by molar-refractivity contribution is 0.507. The maximum atomic E-state index is 11.1. The van der Waals surface area contributed by atoms with Gasteiger partial charge in [0.2, 0.25) is 0 Å². The molecule has 0 aromatic heterocycles. The number of hydrogen-bond donors (Lipinski definition) is 2. The highest BCUT2D eigenvalue weighted by Gasteiger charge is 2.12. The molecular formula is C11H16Br2N2O2S. The van der Waals surface area contributed by atoms with Crippen LogP contribution in [0.1, 0.15) is 24.4 Å². The lowest BCUT2D eigenvalue weighted by Gasteiger charge is -2.16. The van der Waals surface area contributed by atoms with Gasteiger partial charge in [0.1, 0.15) is 9.84 Å². The van der Waals surface area contributed by atoms with E-state index in [-0.39, 0.29) is 11.8 Å². The molecule has 0 aliphatic carbocycles. The van der Waals surface area contributed by atoms with Crippen molar-refractivity contribution in [2.24, 2.45) is 5.84 Å². The zero-order valence-corrected chi connectivity index (χ0v) is 14.0. The molecule has 0 radical (unpaired) electrons. The first-order valence-electron chi connectivity index (χ1n) is 5.41. The lowest BCUT2D eigenvalue weighted by atomic mass is 10.0. The van der Waals surface area contributed by atoms with Gasteiger partial charge < -0.3 is 0 Å². The summed E-state index contributed by atoms with van der Waals surface area (Å²) in [5, 5.41) is 0. The molecule has 3 N–H and O–H groups in total. The van der Waals surface area contributed by atoms with Crippen LogP contribution in [0.15, 0.2) is 27.1 Å². The standard InChI is InChI=1S/C11H16Br2N2O2S/c1-18(16,17)4-2-3-11(15-14)8-5-9(12)7-10(13)6-8/h5-7,11,15H,2-4,14H2,1H3. The summed E-state index contributed by atoms with van der Waals surface area (Å²) in [4.78, 5) is 0. The Morgan fingerprint density at radius 2 is 1.83 bits per heavy atom. The van der Waals surface area contributed by atoms with Gasteiger partial charge in [-0.25, -0.2) is 8.42 Å². The summed E-state index contributed by atoms with van der Waals surface area (Å²) in [6, 6.07) is 5.82. The Balaban J connectivity index is 2.71. The molecule has 18 heavy (non-hydrogen) atoms. The van der Waals surface area contributed by atoms with E-state index in [1.54, 1.807) is 0 Å². The number of sulfone groups is 1. The summed E-state index contributed by atoms with van der Waals surface area (Å²) in [5.41, 5.74) is 3.74. The molecule has 0 saturated heterocycles. The molecule has 0 heterocycles. The first kappa shape index (κ1) is 16.1. The van der Waals surface area contributed by atoms with E-state index in [1.165, 1.54) is 6.26 Å². The Hall–Kier alpha value is 0.0500. The summed E-state index contributed by atoms with van der Waals surface area (Å²) in [6.07, 6.45) is 2.50. The molecule has 0 bridgehead atoms. The van der Waals surface area contributed by atoms with Crippen molar-refractivity contribution < 1.29 is 8.42 Å². The lowest BCUT2D eigenvalue weighted by Crippen LogP contribution is -2.28. The second-order valence-electron chi connectivity index (χ2n) is 4.19. The van der Waals surface area contributed by atoms with Crippen molar-refractivity contribution in [1.82, 2.24) is 5.43 Å². The summed E-state index contributed by atoms with van der Waals surface area (Å²) in [6.45, 7) is 0. The molecule has 0 fully saturated rings. The summed E-state index contributed by atoms with van der Waals surface area (Å²) in [5.74, 6) is 5.71. The second-order valence-corrected chi connectivity index (χ2v) is 8.29. The molecule has 0 spiro atoms. The van der Waals surface area contributed by atoms with Crippen LogP contribution in [0, 0.1) is 0 Å². The Morgan fingerprint density at radius 3 is 2.28 bits per heavy atom. The van der Waals surface area contributed by atoms with Gasteiger partial charge >= 0.3 is 0 Å². The molecule has 1 atom stereocenters. The predicted octanol–water partition coefficient (Wildman–Crippen LogP) is 2.54. The van der Waals surface area contributed by atoms with Crippen LogP contribution in [0.5, 0.6) is 0 Å². The highest BCUT2D eigenvalue weighted by atomic mass is 79.9. The van der Waals surface area contributed by atoms with E-state index in [0.717, 1.165) is 14.5 Å². The minimum Gasteiger partial charge on any atom is -0.271 e. The van der Waals surface area contributed by atoms with Crippen LogP contribution in [-0.2, 0) is 9.84 Å². The van der Waals surface area contributed by atoms with Crippen molar-refractivity contribution in [3.8, 4) is 0 Å². The van der Waals surface area contributed by atoms with Crippen molar-refractivity contribution in [2.45, 2.75) is 18.9 Å². The number of nitrogens with one attached hydrogen (secondary N) is 1. The van der Waals surface area contributed by atoms with Crippen molar-refractivity contribution in [1.29, 1.82) is 0 Å². The average Bonchev–Trinajstić information content (AvgIpc) is 2.21. The van der Waals surface area contributed by atoms with Gasteiger partial charge in [-0.2, -0.15) is 0 Å². The van der Waals surface area contributed by atoms with E-state index in [2.05, 4.69) is 37.3 Å². The number of halogens is 2. The number of rotatable bonds is 6. The first-order chi connectivity index (χ1) is 8.31. The molecule has 1 aromatic rings. The van der Waals surface area contributed by atoms with Crippen LogP contribution >= 0.6 is 31.9 Å². The first-order valence-corrected chi connectivity index (χ1v) is 9.06. The van der Waals surface area contributed by atoms with Crippen LogP contribution in [0.3, 0.4) is 0 Å². The third-order valence-corrected chi connectivity index (χ3v) is 4.44. The summed E-state index contributed by atoms with van der Waals surface area (Å²) >= 11 is 6.83. The molecule has 7 heteroatoms. The van der Waals surface area contributed by atoms with Gasteiger partial charge in [0.25, 0.3) is 0 Å². The third-order valence-electron chi connectivity index (χ3n) is 2.50. The Kier molecular flexibility index (Phi) is 6.26. The molecule has 4 nitrogen and oxygen atoms in total. The van der Waals surface area contributed by atoms with Crippen LogP contribution in [0.2, 0.25) is 0 Å². The van der Waals surface area contributed by atoms with Crippen molar-refractivity contribution in [2.75, 3.05) is 12.0 Å². The molecule has 1 rings (SSSR count). The maximum Gasteiger partial charge on any atom is 0.147 e. The zero-order valence-electron chi connectivity index (χ0n) is 9.99. The molecule has 0 aliphatic rings. The van der Waals surface area contributed by atoms with E-state index < -0.39 is 9.84 Å². The smallest absolute Gasteiger partial charge is 0.147 e. The fraction of sp³-hybridized carbons (Fsp3) is 0.455. The van der Waals surface area contributed by atoms with Gasteiger partial charge in [-0.05, 0) is 36.6 Å². The zero-order chi connectivity index (χ0) is 13.8. The molecule has 1 unspecified atom stereocenters. The van der Waals surface area contributed by atoms with Gasteiger partial charge in [-0.15, -0.1) is 0 Å². The van der Waals surface area contributed by atoms with Crippen LogP contribution in [0.25, 0.3) is 0 Å². The fourth-order valence-electron chi connectivity index (χ4n) is 1.67. The Labute approximate surface area is 124 Å². The Morgan fingerprint density at radius 1 is 1.28 bits per heavy atom. The molecular weight excluding hydrogens is 384 g/mol. The average molecular weight is 400 g/mol. The topological polar surface area (TPSA) is 72.2 Å². The van der Waals surface area contributed by atoms with E-state index in [1.807, 2.05) is 18.2 Å². The summed E-state index contributed by atoms with van der Waals surface area (Å²) < 4.78 is 24.1. The van der Waals surface area contributed by atoms with Crippen LogP contribution in [0.4, 0.5) is 0 Å². The predicted molar refractivity (Wildman–Crippen MR) is 80.9 cm³/mol. The molecule has 0 amide bonds. The SMILES string of the molecule is CS(=O)(=O)CCCC(NN)c1cc(Br)cc(Br)c1. The fourth-order valence-corrected chi connectivity index (χ4v) is 3.69. The van der Waals surface area contributed by atoms with Gasteiger partial charge in [-0.1, -0.05) is 31.9 Å². The monoisotopic (exact) mass is 398 g/mol. The van der Waals surface area contributed by atoms with E-state index in [0.29, 0.717) is 12.8 Å². The molecule has 0 saturated carbocycles. The summed E-state index contributed by atoms with van der Waals surface area (Å²) in [7, 11) is -2.91. The Bertz CT molecular complexity index is 486. The largest absolute Gasteiger partial charge is 0.271 e. The number of hydrazine groups is 1. The highest BCUT2D eigenvalue weighted by Crippen LogP contribution is 2.26. The maximum absolute atomic E-state index is 11.1. The van der Waals surface area contributed by atoms with Gasteiger partial charge in [0.15, 0.2) is 0 Å². The van der Waals surface area contributed by atoms with Crippen molar-refractivity contribution in [3.63, 3.8) is 0 Å². The molecule has 1 aromatic carbocycles. The number of benzene rings is 1. The highest BCUT2D eigenvalue weighted by molar-refractivity contribution is 9.11. The number of hydrogen-bond acceptors (Lipinski definition) is 4. The number of nitrogens with two attached hydrogens (primary N) is 1. The minimum absolute atomic E-state index is 0.0550.